The maximum absolute atomic E-state index is 14.3. The van der Waals surface area contributed by atoms with Gasteiger partial charge in [-0.2, -0.15) is 0 Å². The van der Waals surface area contributed by atoms with Gasteiger partial charge in [-0.3, -0.25) is 0 Å². The Morgan fingerprint density at radius 1 is 1.17 bits per heavy atom. The number of carbonyl (C=O) groups is 1. The molecule has 29 heavy (non-hydrogen) atoms. The Labute approximate surface area is 169 Å². The van der Waals surface area contributed by atoms with Crippen molar-refractivity contribution in [2.24, 2.45) is 0 Å². The van der Waals surface area contributed by atoms with Gasteiger partial charge < -0.3 is 19.9 Å². The lowest BCUT2D eigenvalue weighted by atomic mass is 10.1. The number of halogens is 1. The van der Waals surface area contributed by atoms with Crippen molar-refractivity contribution in [1.29, 1.82) is 0 Å². The van der Waals surface area contributed by atoms with Crippen molar-refractivity contribution < 1.29 is 13.9 Å². The molecule has 1 N–H and O–H groups in total. The summed E-state index contributed by atoms with van der Waals surface area (Å²) in [6, 6.07) is 4.45. The summed E-state index contributed by atoms with van der Waals surface area (Å²) in [5, 5.41) is 2.86. The Morgan fingerprint density at radius 2 is 1.93 bits per heavy atom. The van der Waals surface area contributed by atoms with E-state index in [2.05, 4.69) is 20.2 Å². The van der Waals surface area contributed by atoms with E-state index in [4.69, 9.17) is 4.74 Å². The number of aromatic nitrogens is 2. The van der Waals surface area contributed by atoms with Crippen LogP contribution in [0, 0.1) is 5.82 Å². The van der Waals surface area contributed by atoms with E-state index >= 15 is 0 Å². The van der Waals surface area contributed by atoms with Crippen molar-refractivity contribution in [3.63, 3.8) is 0 Å². The monoisotopic (exact) mass is 399 g/mol. The molecule has 1 aromatic heterocycles. The minimum Gasteiger partial charge on any atom is -0.372 e. The molecule has 1 fully saturated rings. The molecule has 0 unspecified atom stereocenters. The van der Waals surface area contributed by atoms with Crippen LogP contribution in [0.25, 0.3) is 0 Å². The van der Waals surface area contributed by atoms with Gasteiger partial charge in [-0.05, 0) is 44.0 Å². The Morgan fingerprint density at radius 3 is 2.72 bits per heavy atom. The Bertz CT molecular complexity index is 856. The van der Waals surface area contributed by atoms with E-state index in [0.717, 1.165) is 16.9 Å². The zero-order valence-electron chi connectivity index (χ0n) is 16.8. The summed E-state index contributed by atoms with van der Waals surface area (Å²) < 4.78 is 20.0. The number of anilines is 2. The number of hydrogen-bond acceptors (Lipinski definition) is 5. The predicted molar refractivity (Wildman–Crippen MR) is 109 cm³/mol. The number of benzene rings is 1. The van der Waals surface area contributed by atoms with Crippen LogP contribution < -0.4 is 10.2 Å². The molecule has 3 heterocycles. The van der Waals surface area contributed by atoms with Crippen molar-refractivity contribution in [2.45, 2.75) is 38.9 Å². The fourth-order valence-corrected chi connectivity index (χ4v) is 4.05. The number of nitrogens with one attached hydrogen (secondary N) is 1. The molecule has 2 atom stereocenters. The number of ether oxygens (including phenoxy) is 1. The molecule has 2 aliphatic heterocycles. The molecule has 4 rings (SSSR count). The quantitative estimate of drug-likeness (QED) is 0.841. The van der Waals surface area contributed by atoms with Crippen LogP contribution in [0.5, 0.6) is 0 Å². The number of nitrogens with zero attached hydrogens (tertiary/aromatic N) is 4. The first-order valence-corrected chi connectivity index (χ1v) is 10.0. The summed E-state index contributed by atoms with van der Waals surface area (Å²) in [6.45, 7) is 6.53. The Hall–Kier alpha value is -2.74. The summed E-state index contributed by atoms with van der Waals surface area (Å²) in [6.07, 6.45) is 4.89. The number of morpholine rings is 1. The summed E-state index contributed by atoms with van der Waals surface area (Å²) in [5.74, 6) is -0.372. The number of hydrogen-bond donors (Lipinski definition) is 1. The topological polar surface area (TPSA) is 70.6 Å². The molecule has 2 aromatic rings. The maximum atomic E-state index is 14.3. The van der Waals surface area contributed by atoms with Crippen molar-refractivity contribution >= 4 is 17.4 Å². The second-order valence-corrected chi connectivity index (χ2v) is 7.77. The van der Waals surface area contributed by atoms with Crippen molar-refractivity contribution in [3.05, 3.63) is 47.8 Å². The molecule has 1 aromatic carbocycles. The van der Waals surface area contributed by atoms with Gasteiger partial charge in [0.1, 0.15) is 12.1 Å². The van der Waals surface area contributed by atoms with Gasteiger partial charge in [0.2, 0.25) is 0 Å². The van der Waals surface area contributed by atoms with Crippen LogP contribution in [0.4, 0.5) is 20.6 Å². The molecule has 2 aliphatic rings. The molecule has 0 spiro atoms. The highest BCUT2D eigenvalue weighted by Crippen LogP contribution is 2.25. The van der Waals surface area contributed by atoms with E-state index in [1.165, 1.54) is 18.5 Å². The summed E-state index contributed by atoms with van der Waals surface area (Å²) in [4.78, 5) is 25.0. The zero-order chi connectivity index (χ0) is 20.4. The fraction of sp³-hybridized carbons (Fsp3) is 0.476. The molecule has 0 saturated carbocycles. The molecule has 0 bridgehead atoms. The highest BCUT2D eigenvalue weighted by atomic mass is 19.1. The van der Waals surface area contributed by atoms with E-state index in [9.17, 15) is 9.18 Å². The normalized spacial score (nSPS) is 22.0. The van der Waals surface area contributed by atoms with Gasteiger partial charge in [0.25, 0.3) is 0 Å². The van der Waals surface area contributed by atoms with Crippen LogP contribution in [0.15, 0.2) is 30.7 Å². The fourth-order valence-electron chi connectivity index (χ4n) is 4.05. The maximum Gasteiger partial charge on any atom is 0.321 e. The third-order valence-corrected chi connectivity index (χ3v) is 5.36. The van der Waals surface area contributed by atoms with Gasteiger partial charge in [0, 0.05) is 55.9 Å². The van der Waals surface area contributed by atoms with E-state index in [1.54, 1.807) is 4.90 Å². The van der Waals surface area contributed by atoms with Crippen LogP contribution in [-0.2, 0) is 17.6 Å². The van der Waals surface area contributed by atoms with E-state index in [-0.39, 0.29) is 24.1 Å². The van der Waals surface area contributed by atoms with Crippen LogP contribution in [-0.4, -0.2) is 59.3 Å². The second-order valence-electron chi connectivity index (χ2n) is 7.77. The van der Waals surface area contributed by atoms with E-state index in [0.29, 0.717) is 44.7 Å². The van der Waals surface area contributed by atoms with Gasteiger partial charge in [-0.25, -0.2) is 19.2 Å². The standard InChI is InChI=1S/C21H26FN5O2/c1-14-11-27(12-15(2)29-14)19-8-17(22)7-18(9-19)25-21(28)26-5-3-16-10-23-13-24-20(16)4-6-26/h7-10,13-15H,3-6,11-12H2,1-2H3,(H,25,28)/t14-,15+. The van der Waals surface area contributed by atoms with E-state index < -0.39 is 0 Å². The first-order valence-electron chi connectivity index (χ1n) is 10.0. The summed E-state index contributed by atoms with van der Waals surface area (Å²) in [7, 11) is 0. The van der Waals surface area contributed by atoms with Crippen LogP contribution in [0.3, 0.4) is 0 Å². The lowest BCUT2D eigenvalue weighted by Gasteiger charge is -2.37. The van der Waals surface area contributed by atoms with Crippen molar-refractivity contribution in [1.82, 2.24) is 14.9 Å². The van der Waals surface area contributed by atoms with Gasteiger partial charge in [0.15, 0.2) is 0 Å². The zero-order valence-corrected chi connectivity index (χ0v) is 16.8. The third kappa shape index (κ3) is 4.64. The smallest absolute Gasteiger partial charge is 0.321 e. The number of urea groups is 1. The third-order valence-electron chi connectivity index (χ3n) is 5.36. The number of carbonyl (C=O) groups excluding carboxylic acids is 1. The molecule has 8 heteroatoms. The van der Waals surface area contributed by atoms with Gasteiger partial charge in [0.05, 0.1) is 12.2 Å². The molecule has 154 valence electrons. The first-order chi connectivity index (χ1) is 14.0. The Kier molecular flexibility index (Phi) is 5.62. The molecule has 0 radical (unpaired) electrons. The van der Waals surface area contributed by atoms with Gasteiger partial charge in [-0.15, -0.1) is 0 Å². The molecule has 0 aliphatic carbocycles. The van der Waals surface area contributed by atoms with Crippen LogP contribution in [0.1, 0.15) is 25.1 Å². The Balaban J connectivity index is 1.45. The highest BCUT2D eigenvalue weighted by Gasteiger charge is 2.24. The van der Waals surface area contributed by atoms with Crippen LogP contribution in [0.2, 0.25) is 0 Å². The molecule has 2 amide bonds. The van der Waals surface area contributed by atoms with Crippen molar-refractivity contribution in [2.75, 3.05) is 36.4 Å². The van der Waals surface area contributed by atoms with E-state index in [1.807, 2.05) is 26.1 Å². The van der Waals surface area contributed by atoms with Crippen molar-refractivity contribution in [3.8, 4) is 0 Å². The van der Waals surface area contributed by atoms with Crippen LogP contribution >= 0.6 is 0 Å². The molecule has 7 nitrogen and oxygen atoms in total. The molecular weight excluding hydrogens is 373 g/mol. The van der Waals surface area contributed by atoms with Gasteiger partial charge >= 0.3 is 6.03 Å². The number of rotatable bonds is 2. The largest absolute Gasteiger partial charge is 0.372 e. The number of fused-ring (bicyclic) bond motifs is 1. The number of amides is 2. The summed E-state index contributed by atoms with van der Waals surface area (Å²) >= 11 is 0. The lowest BCUT2D eigenvalue weighted by Crippen LogP contribution is -2.45. The average Bonchev–Trinajstić information content (AvgIpc) is 2.89. The molecule has 1 saturated heterocycles. The average molecular weight is 399 g/mol. The minimum absolute atomic E-state index is 0.0712. The summed E-state index contributed by atoms with van der Waals surface area (Å²) in [5.41, 5.74) is 3.27. The lowest BCUT2D eigenvalue weighted by molar-refractivity contribution is -0.00523. The molecular formula is C21H26FN5O2. The highest BCUT2D eigenvalue weighted by molar-refractivity contribution is 5.90. The predicted octanol–water partition coefficient (Wildman–Crippen LogP) is 2.86. The van der Waals surface area contributed by atoms with Gasteiger partial charge in [-0.1, -0.05) is 0 Å². The second kappa shape index (κ2) is 8.32. The minimum atomic E-state index is -0.372. The first kappa shape index (κ1) is 19.6. The SMILES string of the molecule is C[C@@H]1CN(c2cc(F)cc(NC(=O)N3CCc4cncnc4CC3)c2)C[C@H](C)O1.